The maximum atomic E-state index is 12.5. The zero-order valence-electron chi connectivity index (χ0n) is 13.3. The third-order valence-corrected chi connectivity index (χ3v) is 3.98. The number of hydrogen-bond acceptors (Lipinski definition) is 5. The topological polar surface area (TPSA) is 89.8 Å². The highest BCUT2D eigenvalue weighted by molar-refractivity contribution is 9.10. The van der Waals surface area contributed by atoms with Gasteiger partial charge in [0, 0.05) is 28.2 Å². The molecule has 0 atom stereocenters. The molecule has 8 heteroatoms. The first-order valence-corrected chi connectivity index (χ1v) is 8.25. The molecule has 126 valence electrons. The molecule has 25 heavy (non-hydrogen) atoms. The van der Waals surface area contributed by atoms with Gasteiger partial charge in [0.2, 0.25) is 5.91 Å². The lowest BCUT2D eigenvalue weighted by Crippen LogP contribution is -2.13. The van der Waals surface area contributed by atoms with Crippen LogP contribution in [-0.2, 0) is 11.3 Å². The van der Waals surface area contributed by atoms with Gasteiger partial charge in [-0.05, 0) is 46.8 Å². The lowest BCUT2D eigenvalue weighted by atomic mass is 10.1. The summed E-state index contributed by atoms with van der Waals surface area (Å²) in [7, 11) is 0. The molecular formula is C17H14BrN5O2. The smallest absolute Gasteiger partial charge is 0.221 e. The van der Waals surface area contributed by atoms with Crippen LogP contribution in [0.3, 0.4) is 0 Å². The van der Waals surface area contributed by atoms with Crippen molar-refractivity contribution in [2.45, 2.75) is 13.5 Å². The summed E-state index contributed by atoms with van der Waals surface area (Å²) in [6.07, 6.45) is 0. The molecule has 1 amide bonds. The van der Waals surface area contributed by atoms with Gasteiger partial charge < -0.3 is 5.32 Å². The Labute approximate surface area is 152 Å². The van der Waals surface area contributed by atoms with Gasteiger partial charge in [-0.3, -0.25) is 9.59 Å². The number of nitrogens with zero attached hydrogens (tertiary/aromatic N) is 4. The van der Waals surface area contributed by atoms with E-state index in [1.165, 1.54) is 11.6 Å². The molecule has 0 saturated heterocycles. The number of amides is 1. The van der Waals surface area contributed by atoms with Crippen LogP contribution >= 0.6 is 15.9 Å². The Bertz CT molecular complexity index is 904. The van der Waals surface area contributed by atoms with Gasteiger partial charge in [-0.25, -0.2) is 4.68 Å². The number of benzene rings is 2. The van der Waals surface area contributed by atoms with Crippen LogP contribution in [0.25, 0.3) is 11.4 Å². The van der Waals surface area contributed by atoms with Crippen LogP contribution in [0.4, 0.5) is 5.69 Å². The number of carbonyl (C=O) groups excluding carboxylic acids is 2. The number of tetrazole rings is 1. The Morgan fingerprint density at radius 3 is 2.40 bits per heavy atom. The lowest BCUT2D eigenvalue weighted by molar-refractivity contribution is -0.114. The van der Waals surface area contributed by atoms with Crippen molar-refractivity contribution in [3.63, 3.8) is 0 Å². The van der Waals surface area contributed by atoms with Crippen LogP contribution in [0.5, 0.6) is 0 Å². The van der Waals surface area contributed by atoms with Crippen LogP contribution < -0.4 is 5.32 Å². The summed E-state index contributed by atoms with van der Waals surface area (Å²) in [5.41, 5.74) is 1.98. The fourth-order valence-electron chi connectivity index (χ4n) is 2.29. The molecule has 1 heterocycles. The molecule has 0 unspecified atom stereocenters. The Hall–Kier alpha value is -2.87. The Kier molecular flexibility index (Phi) is 4.99. The standard InChI is InChI=1S/C17H14BrN5O2/c1-11(24)19-15-8-4-12(5-9-15)16(25)10-23-17(20-21-22-23)13-2-6-14(18)7-3-13/h2-9H,10H2,1H3,(H,19,24). The molecule has 0 bridgehead atoms. The molecule has 1 N–H and O–H groups in total. The van der Waals surface area contributed by atoms with Crippen molar-refractivity contribution in [3.8, 4) is 11.4 Å². The third-order valence-electron chi connectivity index (χ3n) is 3.45. The van der Waals surface area contributed by atoms with E-state index in [-0.39, 0.29) is 18.2 Å². The van der Waals surface area contributed by atoms with E-state index < -0.39 is 0 Å². The Balaban J connectivity index is 1.76. The van der Waals surface area contributed by atoms with Crippen molar-refractivity contribution in [2.24, 2.45) is 0 Å². The summed E-state index contributed by atoms with van der Waals surface area (Å²) in [5.74, 6) is 0.239. The van der Waals surface area contributed by atoms with Gasteiger partial charge in [-0.15, -0.1) is 5.10 Å². The fourth-order valence-corrected chi connectivity index (χ4v) is 2.55. The molecule has 1 aromatic heterocycles. The van der Waals surface area contributed by atoms with E-state index in [1.807, 2.05) is 24.3 Å². The summed E-state index contributed by atoms with van der Waals surface area (Å²) in [6.45, 7) is 1.46. The zero-order chi connectivity index (χ0) is 17.8. The molecule has 0 spiro atoms. The number of halogens is 1. The van der Waals surface area contributed by atoms with Crippen molar-refractivity contribution in [2.75, 3.05) is 5.32 Å². The maximum Gasteiger partial charge on any atom is 0.221 e. The van der Waals surface area contributed by atoms with Gasteiger partial charge >= 0.3 is 0 Å². The first kappa shape index (κ1) is 17.0. The van der Waals surface area contributed by atoms with Gasteiger partial charge in [0.15, 0.2) is 11.6 Å². The third kappa shape index (κ3) is 4.16. The van der Waals surface area contributed by atoms with E-state index in [1.54, 1.807) is 24.3 Å². The van der Waals surface area contributed by atoms with Gasteiger partial charge in [-0.1, -0.05) is 28.1 Å². The lowest BCUT2D eigenvalue weighted by Gasteiger charge is -2.06. The Morgan fingerprint density at radius 2 is 1.76 bits per heavy atom. The number of aromatic nitrogens is 4. The van der Waals surface area contributed by atoms with E-state index in [4.69, 9.17) is 0 Å². The molecule has 7 nitrogen and oxygen atoms in total. The number of anilines is 1. The normalized spacial score (nSPS) is 10.5. The number of carbonyl (C=O) groups is 2. The number of ketones is 1. The molecule has 0 aliphatic heterocycles. The molecule has 0 aliphatic rings. The Morgan fingerprint density at radius 1 is 1.08 bits per heavy atom. The van der Waals surface area contributed by atoms with Gasteiger partial charge in [0.25, 0.3) is 0 Å². The summed E-state index contributed by atoms with van der Waals surface area (Å²) in [4.78, 5) is 23.5. The highest BCUT2D eigenvalue weighted by Gasteiger charge is 2.14. The molecular weight excluding hydrogens is 386 g/mol. The molecule has 0 saturated carbocycles. The van der Waals surface area contributed by atoms with Crippen LogP contribution in [0, 0.1) is 0 Å². The summed E-state index contributed by atoms with van der Waals surface area (Å²) >= 11 is 3.38. The monoisotopic (exact) mass is 399 g/mol. The SMILES string of the molecule is CC(=O)Nc1ccc(C(=O)Cn2nnnc2-c2ccc(Br)cc2)cc1. The van der Waals surface area contributed by atoms with Crippen LogP contribution in [0.1, 0.15) is 17.3 Å². The van der Waals surface area contributed by atoms with E-state index >= 15 is 0 Å². The summed E-state index contributed by atoms with van der Waals surface area (Å²) in [5, 5.41) is 14.2. The van der Waals surface area contributed by atoms with Crippen molar-refractivity contribution < 1.29 is 9.59 Å². The molecule has 0 aliphatic carbocycles. The van der Waals surface area contributed by atoms with Crippen molar-refractivity contribution >= 4 is 33.3 Å². The van der Waals surface area contributed by atoms with Gasteiger partial charge in [0.05, 0.1) is 0 Å². The number of nitrogens with one attached hydrogen (secondary N) is 1. The number of hydrogen-bond donors (Lipinski definition) is 1. The van der Waals surface area contributed by atoms with Gasteiger partial charge in [0.1, 0.15) is 6.54 Å². The van der Waals surface area contributed by atoms with Crippen LogP contribution in [0.2, 0.25) is 0 Å². The van der Waals surface area contributed by atoms with Gasteiger partial charge in [-0.2, -0.15) is 0 Å². The second-order valence-corrected chi connectivity index (χ2v) is 6.26. The fraction of sp³-hybridized carbons (Fsp3) is 0.118. The van der Waals surface area contributed by atoms with E-state index in [9.17, 15) is 9.59 Å². The van der Waals surface area contributed by atoms with Crippen molar-refractivity contribution in [1.29, 1.82) is 0 Å². The number of Topliss-reactive ketones (excluding diaryl/α,β-unsaturated/α-hetero) is 1. The number of rotatable bonds is 5. The minimum absolute atomic E-state index is 0.0257. The summed E-state index contributed by atoms with van der Waals surface area (Å²) < 4.78 is 2.42. The molecule has 0 fully saturated rings. The first-order valence-electron chi connectivity index (χ1n) is 7.46. The highest BCUT2D eigenvalue weighted by Crippen LogP contribution is 2.19. The van der Waals surface area contributed by atoms with Crippen molar-refractivity contribution in [1.82, 2.24) is 20.2 Å². The van der Waals surface area contributed by atoms with E-state index in [0.717, 1.165) is 10.0 Å². The molecule has 2 aromatic carbocycles. The summed E-state index contributed by atoms with van der Waals surface area (Å²) in [6, 6.07) is 14.2. The molecule has 0 radical (unpaired) electrons. The van der Waals surface area contributed by atoms with E-state index in [2.05, 4.69) is 36.8 Å². The van der Waals surface area contributed by atoms with Crippen molar-refractivity contribution in [3.05, 3.63) is 58.6 Å². The first-order chi connectivity index (χ1) is 12.0. The predicted molar refractivity (Wildman–Crippen MR) is 96.0 cm³/mol. The average Bonchev–Trinajstić information content (AvgIpc) is 3.03. The minimum Gasteiger partial charge on any atom is -0.326 e. The zero-order valence-corrected chi connectivity index (χ0v) is 14.9. The van der Waals surface area contributed by atoms with Crippen LogP contribution in [-0.4, -0.2) is 31.9 Å². The minimum atomic E-state index is -0.160. The van der Waals surface area contributed by atoms with E-state index in [0.29, 0.717) is 17.1 Å². The second-order valence-electron chi connectivity index (χ2n) is 5.35. The molecule has 3 aromatic rings. The largest absolute Gasteiger partial charge is 0.326 e. The quantitative estimate of drug-likeness (QED) is 0.666. The molecule has 3 rings (SSSR count). The maximum absolute atomic E-state index is 12.5. The highest BCUT2D eigenvalue weighted by atomic mass is 79.9. The predicted octanol–water partition coefficient (Wildman–Crippen LogP) is 2.94. The average molecular weight is 400 g/mol. The second kappa shape index (κ2) is 7.35. The van der Waals surface area contributed by atoms with Crippen LogP contribution in [0.15, 0.2) is 53.0 Å².